The second-order valence-electron chi connectivity index (χ2n) is 3.93. The van der Waals surface area contributed by atoms with Gasteiger partial charge in [0.25, 0.3) is 0 Å². The molecule has 17 heavy (non-hydrogen) atoms. The highest BCUT2D eigenvalue weighted by Crippen LogP contribution is 2.14. The zero-order valence-corrected chi connectivity index (χ0v) is 10.7. The highest BCUT2D eigenvalue weighted by molar-refractivity contribution is 7.09. The van der Waals surface area contributed by atoms with Crippen molar-refractivity contribution in [3.05, 3.63) is 40.2 Å². The summed E-state index contributed by atoms with van der Waals surface area (Å²) in [5.41, 5.74) is 2.86. The topological polar surface area (TPSA) is 46.3 Å². The fourth-order valence-corrected chi connectivity index (χ4v) is 2.40. The Morgan fingerprint density at radius 1 is 1.59 bits per heavy atom. The third-order valence-electron chi connectivity index (χ3n) is 2.47. The van der Waals surface area contributed by atoms with Gasteiger partial charge in [-0.1, -0.05) is 0 Å². The number of ketones is 1. The second-order valence-corrected chi connectivity index (χ2v) is 4.87. The van der Waals surface area contributed by atoms with Crippen LogP contribution >= 0.6 is 11.3 Å². The Labute approximate surface area is 104 Å². The predicted octanol–water partition coefficient (Wildman–Crippen LogP) is 2.36. The Morgan fingerprint density at radius 2 is 2.41 bits per heavy atom. The first kappa shape index (κ1) is 12.0. The highest BCUT2D eigenvalue weighted by atomic mass is 32.1. The zero-order chi connectivity index (χ0) is 12.3. The van der Waals surface area contributed by atoms with Crippen LogP contribution in [0.1, 0.15) is 21.1 Å². The van der Waals surface area contributed by atoms with Crippen LogP contribution in [-0.4, -0.2) is 29.3 Å². The molecule has 0 atom stereocenters. The van der Waals surface area contributed by atoms with Crippen molar-refractivity contribution >= 4 is 17.1 Å². The van der Waals surface area contributed by atoms with Gasteiger partial charge in [-0.3, -0.25) is 9.69 Å². The smallest absolute Gasteiger partial charge is 0.211 e. The van der Waals surface area contributed by atoms with Crippen LogP contribution in [0.15, 0.2) is 28.3 Å². The van der Waals surface area contributed by atoms with Crippen molar-refractivity contribution in [1.29, 1.82) is 0 Å². The van der Waals surface area contributed by atoms with Gasteiger partial charge < -0.3 is 4.42 Å². The van der Waals surface area contributed by atoms with E-state index in [4.69, 9.17) is 4.42 Å². The Kier molecular flexibility index (Phi) is 3.71. The average molecular weight is 250 g/mol. The van der Waals surface area contributed by atoms with Crippen molar-refractivity contribution < 1.29 is 9.21 Å². The fraction of sp³-hybridized carbons (Fsp3) is 0.333. The van der Waals surface area contributed by atoms with Crippen molar-refractivity contribution in [3.8, 4) is 0 Å². The standard InChI is InChI=1S/C12H14N2O2S/c1-9-12(17-8-13-9)7-14(2)6-10(15)11-4-3-5-16-11/h3-5,8H,6-7H2,1-2H3. The molecule has 0 unspecified atom stereocenters. The van der Waals surface area contributed by atoms with Crippen LogP contribution in [0.25, 0.3) is 0 Å². The van der Waals surface area contributed by atoms with Crippen LogP contribution in [0, 0.1) is 6.92 Å². The van der Waals surface area contributed by atoms with E-state index in [9.17, 15) is 4.79 Å². The molecule has 0 saturated heterocycles. The molecule has 2 aromatic rings. The number of hydrogen-bond acceptors (Lipinski definition) is 5. The van der Waals surface area contributed by atoms with Gasteiger partial charge in [-0.15, -0.1) is 11.3 Å². The Morgan fingerprint density at radius 3 is 3.00 bits per heavy atom. The second kappa shape index (κ2) is 5.25. The zero-order valence-electron chi connectivity index (χ0n) is 9.84. The summed E-state index contributed by atoms with van der Waals surface area (Å²) in [6.45, 7) is 3.07. The molecule has 0 fully saturated rings. The molecule has 0 bridgehead atoms. The summed E-state index contributed by atoms with van der Waals surface area (Å²) in [5.74, 6) is 0.414. The molecule has 0 N–H and O–H groups in total. The maximum Gasteiger partial charge on any atom is 0.211 e. The van der Waals surface area contributed by atoms with Crippen LogP contribution < -0.4 is 0 Å². The number of furan rings is 1. The van der Waals surface area contributed by atoms with E-state index in [0.717, 1.165) is 12.2 Å². The first-order valence-electron chi connectivity index (χ1n) is 5.31. The van der Waals surface area contributed by atoms with Crippen LogP contribution in [-0.2, 0) is 6.54 Å². The Balaban J connectivity index is 1.92. The number of likely N-dealkylation sites (N-methyl/N-ethyl adjacent to an activating group) is 1. The van der Waals surface area contributed by atoms with E-state index in [1.54, 1.807) is 23.5 Å². The number of aromatic nitrogens is 1. The third-order valence-corrected chi connectivity index (χ3v) is 3.39. The summed E-state index contributed by atoms with van der Waals surface area (Å²) in [6, 6.07) is 3.41. The molecular weight excluding hydrogens is 236 g/mol. The predicted molar refractivity (Wildman–Crippen MR) is 66.2 cm³/mol. The number of Topliss-reactive ketones (excluding diaryl/α,β-unsaturated/α-hetero) is 1. The summed E-state index contributed by atoms with van der Waals surface area (Å²) in [4.78, 5) is 19.1. The number of hydrogen-bond donors (Lipinski definition) is 0. The van der Waals surface area contributed by atoms with Crippen molar-refractivity contribution in [2.24, 2.45) is 0 Å². The van der Waals surface area contributed by atoms with E-state index in [0.29, 0.717) is 12.3 Å². The van der Waals surface area contributed by atoms with E-state index in [2.05, 4.69) is 4.98 Å². The lowest BCUT2D eigenvalue weighted by Crippen LogP contribution is -2.25. The van der Waals surface area contributed by atoms with Gasteiger partial charge in [-0.05, 0) is 26.1 Å². The number of nitrogens with zero attached hydrogens (tertiary/aromatic N) is 2. The van der Waals surface area contributed by atoms with Crippen LogP contribution in [0.2, 0.25) is 0 Å². The van der Waals surface area contributed by atoms with E-state index < -0.39 is 0 Å². The molecule has 0 spiro atoms. The van der Waals surface area contributed by atoms with Crippen LogP contribution in [0.4, 0.5) is 0 Å². The number of carbonyl (C=O) groups excluding carboxylic acids is 1. The van der Waals surface area contributed by atoms with Gasteiger partial charge >= 0.3 is 0 Å². The normalized spacial score (nSPS) is 11.0. The highest BCUT2D eigenvalue weighted by Gasteiger charge is 2.13. The third kappa shape index (κ3) is 3.01. The Bertz CT molecular complexity index is 490. The minimum Gasteiger partial charge on any atom is -0.461 e. The van der Waals surface area contributed by atoms with Crippen LogP contribution in [0.3, 0.4) is 0 Å². The molecule has 0 amide bonds. The number of aryl methyl sites for hydroxylation is 1. The minimum atomic E-state index is -0.000307. The number of thiazole rings is 1. The lowest BCUT2D eigenvalue weighted by atomic mass is 10.3. The number of rotatable bonds is 5. The van der Waals surface area contributed by atoms with Gasteiger partial charge in [0.05, 0.1) is 24.0 Å². The maximum atomic E-state index is 11.8. The van der Waals surface area contributed by atoms with E-state index in [1.165, 1.54) is 11.1 Å². The SMILES string of the molecule is Cc1ncsc1CN(C)CC(=O)c1ccco1. The van der Waals surface area contributed by atoms with Gasteiger partial charge in [-0.25, -0.2) is 4.98 Å². The molecular formula is C12H14N2O2S. The van der Waals surface area contributed by atoms with E-state index in [1.807, 2.05) is 24.4 Å². The van der Waals surface area contributed by atoms with Crippen molar-refractivity contribution in [2.45, 2.75) is 13.5 Å². The van der Waals surface area contributed by atoms with E-state index in [-0.39, 0.29) is 5.78 Å². The summed E-state index contributed by atoms with van der Waals surface area (Å²) in [5, 5.41) is 0. The summed E-state index contributed by atoms with van der Waals surface area (Å²) < 4.78 is 5.07. The minimum absolute atomic E-state index is 0.000307. The van der Waals surface area contributed by atoms with Gasteiger partial charge in [0, 0.05) is 11.4 Å². The fourth-order valence-electron chi connectivity index (χ4n) is 1.54. The molecule has 2 heterocycles. The molecule has 0 saturated carbocycles. The van der Waals surface area contributed by atoms with Crippen molar-refractivity contribution in [3.63, 3.8) is 0 Å². The molecule has 0 radical (unpaired) electrons. The molecule has 0 aliphatic carbocycles. The van der Waals surface area contributed by atoms with Gasteiger partial charge in [-0.2, -0.15) is 0 Å². The van der Waals surface area contributed by atoms with E-state index >= 15 is 0 Å². The molecule has 2 rings (SSSR count). The molecule has 0 aliphatic rings. The monoisotopic (exact) mass is 250 g/mol. The first-order chi connectivity index (χ1) is 8.16. The lowest BCUT2D eigenvalue weighted by molar-refractivity contribution is 0.0916. The number of carbonyl (C=O) groups is 1. The molecule has 0 aliphatic heterocycles. The molecule has 5 heteroatoms. The maximum absolute atomic E-state index is 11.8. The van der Waals surface area contributed by atoms with Gasteiger partial charge in [0.1, 0.15) is 0 Å². The lowest BCUT2D eigenvalue weighted by Gasteiger charge is -2.13. The molecule has 90 valence electrons. The summed E-state index contributed by atoms with van der Waals surface area (Å²) >= 11 is 1.61. The van der Waals surface area contributed by atoms with Gasteiger partial charge in [0.2, 0.25) is 5.78 Å². The summed E-state index contributed by atoms with van der Waals surface area (Å²) in [6.07, 6.45) is 1.51. The average Bonchev–Trinajstić information content (AvgIpc) is 2.90. The van der Waals surface area contributed by atoms with Crippen molar-refractivity contribution in [2.75, 3.05) is 13.6 Å². The quantitative estimate of drug-likeness (QED) is 0.764. The first-order valence-corrected chi connectivity index (χ1v) is 6.19. The largest absolute Gasteiger partial charge is 0.461 e. The van der Waals surface area contributed by atoms with Crippen molar-refractivity contribution in [1.82, 2.24) is 9.88 Å². The molecule has 0 aromatic carbocycles. The Hall–Kier alpha value is -1.46. The molecule has 4 nitrogen and oxygen atoms in total. The van der Waals surface area contributed by atoms with Gasteiger partial charge in [0.15, 0.2) is 5.76 Å². The summed E-state index contributed by atoms with van der Waals surface area (Å²) in [7, 11) is 1.92. The van der Waals surface area contributed by atoms with Crippen LogP contribution in [0.5, 0.6) is 0 Å². The molecule has 2 aromatic heterocycles.